The van der Waals surface area contributed by atoms with E-state index in [9.17, 15) is 14.7 Å². The van der Waals surface area contributed by atoms with Gasteiger partial charge in [-0.1, -0.05) is 30.3 Å². The highest BCUT2D eigenvalue weighted by molar-refractivity contribution is 6.05. The molecule has 1 aromatic heterocycles. The van der Waals surface area contributed by atoms with E-state index < -0.39 is 0 Å². The Kier molecular flexibility index (Phi) is 6.40. The molecule has 0 spiro atoms. The predicted octanol–water partition coefficient (Wildman–Crippen LogP) is 2.99. The van der Waals surface area contributed by atoms with Gasteiger partial charge in [-0.05, 0) is 50.3 Å². The van der Waals surface area contributed by atoms with E-state index in [4.69, 9.17) is 0 Å². The lowest BCUT2D eigenvalue weighted by molar-refractivity contribution is 0.0783. The van der Waals surface area contributed by atoms with Gasteiger partial charge in [0, 0.05) is 42.3 Å². The molecule has 176 valence electrons. The van der Waals surface area contributed by atoms with Crippen molar-refractivity contribution in [2.75, 3.05) is 18.4 Å². The van der Waals surface area contributed by atoms with Gasteiger partial charge in [0.05, 0.1) is 17.2 Å². The highest BCUT2D eigenvalue weighted by Crippen LogP contribution is 2.23. The summed E-state index contributed by atoms with van der Waals surface area (Å²) >= 11 is 0. The lowest BCUT2D eigenvalue weighted by Gasteiger charge is -2.26. The molecule has 2 heterocycles. The van der Waals surface area contributed by atoms with E-state index in [2.05, 4.69) is 20.6 Å². The van der Waals surface area contributed by atoms with Crippen molar-refractivity contribution >= 4 is 28.7 Å². The minimum absolute atomic E-state index is 0.0128. The van der Waals surface area contributed by atoms with Crippen LogP contribution in [0.4, 0.5) is 5.95 Å². The average Bonchev–Trinajstić information content (AvgIpc) is 3.33. The van der Waals surface area contributed by atoms with Crippen LogP contribution in [-0.4, -0.2) is 63.1 Å². The third-order valence-corrected chi connectivity index (χ3v) is 6.72. The number of aliphatic hydroxyl groups is 1. The number of nitrogens with zero attached hydrogens (tertiary/aromatic N) is 3. The molecule has 0 radical (unpaired) electrons. The standard InChI is InChI=1S/C26H29N5O3/c32-21-11-9-19(10-12-21)29-26-27-15-18-7-4-8-22(23(18)30-26)24(33)28-20-13-14-31(16-20)25(34)17-5-2-1-3-6-17/h1-8,15,19-21,32H,9-14,16H2,(H,28,33)(H,27,29,30)/t19-,20-,21-/m0/s1. The zero-order chi connectivity index (χ0) is 23.5. The second kappa shape index (κ2) is 9.77. The Hall–Kier alpha value is -3.52. The van der Waals surface area contributed by atoms with Crippen LogP contribution in [0.15, 0.2) is 54.7 Å². The molecule has 5 rings (SSSR count). The van der Waals surface area contributed by atoms with E-state index in [-0.39, 0.29) is 30.0 Å². The summed E-state index contributed by atoms with van der Waals surface area (Å²) in [5, 5.41) is 17.0. The molecule has 1 aliphatic carbocycles. The lowest BCUT2D eigenvalue weighted by Crippen LogP contribution is -2.38. The molecule has 1 saturated heterocycles. The van der Waals surface area contributed by atoms with Crippen molar-refractivity contribution in [2.24, 2.45) is 0 Å². The molecule has 34 heavy (non-hydrogen) atoms. The number of benzene rings is 2. The fourth-order valence-electron chi connectivity index (χ4n) is 4.80. The van der Waals surface area contributed by atoms with Crippen molar-refractivity contribution in [3.8, 4) is 0 Å². The van der Waals surface area contributed by atoms with E-state index in [1.54, 1.807) is 17.2 Å². The Labute approximate surface area is 198 Å². The van der Waals surface area contributed by atoms with E-state index in [1.807, 2.05) is 42.5 Å². The summed E-state index contributed by atoms with van der Waals surface area (Å²) in [5.74, 6) is 0.283. The number of carbonyl (C=O) groups is 2. The Bertz CT molecular complexity index is 1180. The van der Waals surface area contributed by atoms with Crippen molar-refractivity contribution in [1.82, 2.24) is 20.2 Å². The summed E-state index contributed by atoms with van der Waals surface area (Å²) in [6, 6.07) is 14.8. The number of para-hydroxylation sites is 1. The second-order valence-electron chi connectivity index (χ2n) is 9.16. The first-order valence-corrected chi connectivity index (χ1v) is 11.9. The van der Waals surface area contributed by atoms with E-state index >= 15 is 0 Å². The highest BCUT2D eigenvalue weighted by atomic mass is 16.3. The van der Waals surface area contributed by atoms with Gasteiger partial charge in [0.1, 0.15) is 0 Å². The van der Waals surface area contributed by atoms with Crippen molar-refractivity contribution in [3.63, 3.8) is 0 Å². The molecular formula is C26H29N5O3. The summed E-state index contributed by atoms with van der Waals surface area (Å²) in [5.41, 5.74) is 1.76. The number of hydrogen-bond acceptors (Lipinski definition) is 6. The van der Waals surface area contributed by atoms with Gasteiger partial charge in [-0.3, -0.25) is 9.59 Å². The first kappa shape index (κ1) is 22.3. The first-order chi connectivity index (χ1) is 16.6. The van der Waals surface area contributed by atoms with Gasteiger partial charge in [-0.2, -0.15) is 0 Å². The molecule has 3 N–H and O–H groups in total. The maximum atomic E-state index is 13.2. The van der Waals surface area contributed by atoms with E-state index in [0.29, 0.717) is 42.1 Å². The third kappa shape index (κ3) is 4.87. The van der Waals surface area contributed by atoms with Crippen LogP contribution in [0.2, 0.25) is 0 Å². The molecule has 2 amide bonds. The summed E-state index contributed by atoms with van der Waals surface area (Å²) in [6.45, 7) is 1.10. The zero-order valence-corrected chi connectivity index (χ0v) is 19.0. The summed E-state index contributed by atoms with van der Waals surface area (Å²) in [6.07, 6.45) is 5.49. The predicted molar refractivity (Wildman–Crippen MR) is 130 cm³/mol. The lowest BCUT2D eigenvalue weighted by atomic mass is 9.93. The Balaban J connectivity index is 1.27. The van der Waals surface area contributed by atoms with Crippen LogP contribution >= 0.6 is 0 Å². The number of nitrogens with one attached hydrogen (secondary N) is 2. The van der Waals surface area contributed by atoms with Crippen molar-refractivity contribution in [2.45, 2.75) is 50.3 Å². The number of fused-ring (bicyclic) bond motifs is 1. The van der Waals surface area contributed by atoms with Crippen LogP contribution in [0.25, 0.3) is 10.9 Å². The smallest absolute Gasteiger partial charge is 0.253 e. The molecule has 1 atom stereocenters. The van der Waals surface area contributed by atoms with Gasteiger partial charge in [-0.25, -0.2) is 9.97 Å². The molecule has 1 saturated carbocycles. The normalized spacial score (nSPS) is 22.5. The van der Waals surface area contributed by atoms with Crippen LogP contribution in [0.5, 0.6) is 0 Å². The van der Waals surface area contributed by atoms with Gasteiger partial charge in [0.25, 0.3) is 11.8 Å². The second-order valence-corrected chi connectivity index (χ2v) is 9.16. The Morgan fingerprint density at radius 1 is 0.941 bits per heavy atom. The molecule has 0 bridgehead atoms. The van der Waals surface area contributed by atoms with Crippen molar-refractivity contribution < 1.29 is 14.7 Å². The van der Waals surface area contributed by atoms with Gasteiger partial charge in [0.2, 0.25) is 5.95 Å². The molecule has 3 aromatic rings. The number of aliphatic hydroxyl groups excluding tert-OH is 1. The average molecular weight is 460 g/mol. The summed E-state index contributed by atoms with van der Waals surface area (Å²) in [7, 11) is 0. The number of carbonyl (C=O) groups excluding carboxylic acids is 2. The molecule has 0 unspecified atom stereocenters. The van der Waals surface area contributed by atoms with Gasteiger partial charge >= 0.3 is 0 Å². The molecule has 1 aliphatic heterocycles. The van der Waals surface area contributed by atoms with Crippen molar-refractivity contribution in [3.05, 3.63) is 65.9 Å². The van der Waals surface area contributed by atoms with Crippen LogP contribution in [0.3, 0.4) is 0 Å². The van der Waals surface area contributed by atoms with Crippen LogP contribution < -0.4 is 10.6 Å². The van der Waals surface area contributed by atoms with Crippen LogP contribution in [0, 0.1) is 0 Å². The highest BCUT2D eigenvalue weighted by Gasteiger charge is 2.28. The monoisotopic (exact) mass is 459 g/mol. The Morgan fingerprint density at radius 2 is 1.74 bits per heavy atom. The quantitative estimate of drug-likeness (QED) is 0.542. The third-order valence-electron chi connectivity index (χ3n) is 6.72. The number of hydrogen-bond donors (Lipinski definition) is 3. The SMILES string of the molecule is O=C(N[C@H]1CCN(C(=O)c2ccccc2)C1)c1cccc2cnc(N[C@H]3CC[C@H](O)CC3)nc12. The maximum Gasteiger partial charge on any atom is 0.253 e. The molecule has 8 heteroatoms. The minimum Gasteiger partial charge on any atom is -0.393 e. The Morgan fingerprint density at radius 3 is 2.53 bits per heavy atom. The van der Waals surface area contributed by atoms with Crippen molar-refractivity contribution in [1.29, 1.82) is 0 Å². The van der Waals surface area contributed by atoms with Gasteiger partial charge in [0.15, 0.2) is 0 Å². The number of likely N-dealkylation sites (tertiary alicyclic amines) is 1. The van der Waals surface area contributed by atoms with Gasteiger partial charge < -0.3 is 20.6 Å². The molecule has 8 nitrogen and oxygen atoms in total. The fraction of sp³-hybridized carbons (Fsp3) is 0.385. The first-order valence-electron chi connectivity index (χ1n) is 11.9. The molecular weight excluding hydrogens is 430 g/mol. The fourth-order valence-corrected chi connectivity index (χ4v) is 4.80. The number of anilines is 1. The zero-order valence-electron chi connectivity index (χ0n) is 19.0. The summed E-state index contributed by atoms with van der Waals surface area (Å²) < 4.78 is 0. The summed E-state index contributed by atoms with van der Waals surface area (Å²) in [4.78, 5) is 36.8. The van der Waals surface area contributed by atoms with E-state index in [0.717, 1.165) is 31.1 Å². The van der Waals surface area contributed by atoms with Gasteiger partial charge in [-0.15, -0.1) is 0 Å². The number of aromatic nitrogens is 2. The minimum atomic E-state index is -0.222. The molecule has 2 aromatic carbocycles. The largest absolute Gasteiger partial charge is 0.393 e. The molecule has 2 aliphatic rings. The van der Waals surface area contributed by atoms with Crippen LogP contribution in [0.1, 0.15) is 52.8 Å². The number of amides is 2. The number of rotatable bonds is 5. The molecule has 2 fully saturated rings. The van der Waals surface area contributed by atoms with Crippen LogP contribution in [-0.2, 0) is 0 Å². The topological polar surface area (TPSA) is 107 Å². The van der Waals surface area contributed by atoms with E-state index in [1.165, 1.54) is 0 Å². The maximum absolute atomic E-state index is 13.2.